The second-order valence-corrected chi connectivity index (χ2v) is 8.81. The molecule has 0 spiro atoms. The summed E-state index contributed by atoms with van der Waals surface area (Å²) in [4.78, 5) is 34.2. The van der Waals surface area contributed by atoms with Crippen molar-refractivity contribution in [2.45, 2.75) is 45.4 Å². The number of carbonyl (C=O) groups is 2. The molecule has 4 rings (SSSR count). The minimum atomic E-state index is -0.121. The minimum absolute atomic E-state index is 0.0351. The molecule has 1 atom stereocenters. The molecule has 0 saturated heterocycles. The summed E-state index contributed by atoms with van der Waals surface area (Å²) in [7, 11) is 0. The summed E-state index contributed by atoms with van der Waals surface area (Å²) in [6, 6.07) is 0. The van der Waals surface area contributed by atoms with Gasteiger partial charge in [-0.2, -0.15) is 0 Å². The van der Waals surface area contributed by atoms with Crippen LogP contribution in [0.1, 0.15) is 42.5 Å². The van der Waals surface area contributed by atoms with Gasteiger partial charge in [0.15, 0.2) is 10.3 Å². The Bertz CT molecular complexity index is 809. The van der Waals surface area contributed by atoms with Crippen LogP contribution in [0.3, 0.4) is 0 Å². The van der Waals surface area contributed by atoms with E-state index in [0.717, 1.165) is 37.8 Å². The number of nitrogens with zero attached hydrogens (tertiary/aromatic N) is 2. The smallest absolute Gasteiger partial charge is 0.232 e. The maximum Gasteiger partial charge on any atom is 0.232 e. The summed E-state index contributed by atoms with van der Waals surface area (Å²) in [5, 5.41) is 8.76. The first-order valence-corrected chi connectivity index (χ1v) is 10.3. The van der Waals surface area contributed by atoms with Crippen molar-refractivity contribution in [3.8, 4) is 0 Å². The quantitative estimate of drug-likeness (QED) is 0.839. The summed E-state index contributed by atoms with van der Waals surface area (Å²) in [6.45, 7) is 2.25. The molecule has 1 fully saturated rings. The third kappa shape index (κ3) is 4.07. The van der Waals surface area contributed by atoms with Crippen molar-refractivity contribution in [2.24, 2.45) is 11.8 Å². The summed E-state index contributed by atoms with van der Waals surface area (Å²) in [5.41, 5.74) is 1.81. The Kier molecular flexibility index (Phi) is 4.56. The first-order valence-electron chi connectivity index (χ1n) is 8.60. The summed E-state index contributed by atoms with van der Waals surface area (Å²) < 4.78 is 0. The number of aryl methyl sites for hydroxylation is 1. The van der Waals surface area contributed by atoms with Gasteiger partial charge in [-0.25, -0.2) is 9.97 Å². The molecule has 0 bridgehead atoms. The number of aromatic nitrogens is 2. The van der Waals surface area contributed by atoms with Crippen LogP contribution in [0.25, 0.3) is 0 Å². The number of hydrogen-bond acceptors (Lipinski definition) is 6. The average Bonchev–Trinajstić information content (AvgIpc) is 3.22. The number of rotatable bonds is 5. The van der Waals surface area contributed by atoms with E-state index in [-0.39, 0.29) is 24.2 Å². The molecule has 0 radical (unpaired) electrons. The molecule has 2 aliphatic rings. The lowest BCUT2D eigenvalue weighted by Crippen LogP contribution is -2.15. The Morgan fingerprint density at radius 3 is 2.84 bits per heavy atom. The zero-order valence-electron chi connectivity index (χ0n) is 14.0. The average molecular weight is 377 g/mol. The van der Waals surface area contributed by atoms with Crippen LogP contribution >= 0.6 is 22.7 Å². The van der Waals surface area contributed by atoms with Crippen LogP contribution in [-0.4, -0.2) is 21.8 Å². The highest BCUT2D eigenvalue weighted by molar-refractivity contribution is 7.16. The number of thiazole rings is 2. The Morgan fingerprint density at radius 2 is 2.04 bits per heavy atom. The Morgan fingerprint density at radius 1 is 1.20 bits per heavy atom. The first kappa shape index (κ1) is 16.7. The summed E-state index contributed by atoms with van der Waals surface area (Å²) >= 11 is 2.94. The van der Waals surface area contributed by atoms with E-state index in [2.05, 4.69) is 27.5 Å². The van der Waals surface area contributed by atoms with Crippen LogP contribution in [-0.2, 0) is 28.9 Å². The summed E-state index contributed by atoms with van der Waals surface area (Å²) in [6.07, 6.45) is 5.33. The monoisotopic (exact) mass is 376 g/mol. The predicted molar refractivity (Wildman–Crippen MR) is 99.1 cm³/mol. The molecule has 2 heterocycles. The van der Waals surface area contributed by atoms with Crippen molar-refractivity contribution in [2.75, 3.05) is 10.6 Å². The molecule has 2 aliphatic carbocycles. The van der Waals surface area contributed by atoms with Gasteiger partial charge in [0.1, 0.15) is 0 Å². The van der Waals surface area contributed by atoms with Gasteiger partial charge in [-0.05, 0) is 38.0 Å². The van der Waals surface area contributed by atoms with Gasteiger partial charge < -0.3 is 10.6 Å². The zero-order valence-corrected chi connectivity index (χ0v) is 15.6. The molecule has 0 aromatic carbocycles. The van der Waals surface area contributed by atoms with E-state index in [1.807, 2.05) is 5.38 Å². The van der Waals surface area contributed by atoms with Crippen molar-refractivity contribution in [1.29, 1.82) is 0 Å². The van der Waals surface area contributed by atoms with Gasteiger partial charge in [0, 0.05) is 16.2 Å². The fourth-order valence-corrected chi connectivity index (χ4v) is 4.82. The van der Waals surface area contributed by atoms with Crippen LogP contribution in [0.5, 0.6) is 0 Å². The van der Waals surface area contributed by atoms with Gasteiger partial charge in [0.25, 0.3) is 0 Å². The van der Waals surface area contributed by atoms with Gasteiger partial charge in [0.05, 0.1) is 17.8 Å². The number of hydrogen-bond donors (Lipinski definition) is 2. The molecule has 0 unspecified atom stereocenters. The second kappa shape index (κ2) is 6.84. The molecule has 6 nitrogen and oxygen atoms in total. The molecule has 1 saturated carbocycles. The highest BCUT2D eigenvalue weighted by Crippen LogP contribution is 2.32. The highest BCUT2D eigenvalue weighted by Gasteiger charge is 2.30. The zero-order chi connectivity index (χ0) is 17.4. The van der Waals surface area contributed by atoms with E-state index < -0.39 is 0 Å². The molecule has 132 valence electrons. The van der Waals surface area contributed by atoms with E-state index in [0.29, 0.717) is 21.9 Å². The standard InChI is InChI=1S/C17H20N4O2S2/c1-9-2-5-12-13(6-9)25-17(19-12)20-14(22)7-11-8-24-16(18-11)21-15(23)10-3-4-10/h8-10H,2-7H2,1H3,(H,18,21,23)(H,19,20,22)/t9-/m1/s1. The van der Waals surface area contributed by atoms with Crippen LogP contribution < -0.4 is 10.6 Å². The molecule has 2 aromatic heterocycles. The Balaban J connectivity index is 1.33. The third-order valence-electron chi connectivity index (χ3n) is 4.50. The maximum atomic E-state index is 12.2. The molecular weight excluding hydrogens is 356 g/mol. The number of nitrogens with one attached hydrogen (secondary N) is 2. The number of amides is 2. The fraction of sp³-hybridized carbons (Fsp3) is 0.529. The number of anilines is 2. The lowest BCUT2D eigenvalue weighted by Gasteiger charge is -2.15. The predicted octanol–water partition coefficient (Wildman–Crippen LogP) is 3.25. The van der Waals surface area contributed by atoms with Crippen LogP contribution in [0.2, 0.25) is 0 Å². The molecule has 0 aliphatic heterocycles. The SMILES string of the molecule is C[C@@H]1CCc2nc(NC(=O)Cc3csc(NC(=O)C4CC4)n3)sc2C1. The van der Waals surface area contributed by atoms with Crippen molar-refractivity contribution >= 4 is 44.8 Å². The van der Waals surface area contributed by atoms with Crippen LogP contribution in [0, 0.1) is 11.8 Å². The van der Waals surface area contributed by atoms with Crippen LogP contribution in [0.15, 0.2) is 5.38 Å². The Labute approximate surface area is 154 Å². The van der Waals surface area contributed by atoms with Gasteiger partial charge in [-0.1, -0.05) is 6.92 Å². The van der Waals surface area contributed by atoms with Gasteiger partial charge in [0.2, 0.25) is 11.8 Å². The molecule has 2 amide bonds. The lowest BCUT2D eigenvalue weighted by molar-refractivity contribution is -0.117. The largest absolute Gasteiger partial charge is 0.302 e. The first-order chi connectivity index (χ1) is 12.1. The van der Waals surface area contributed by atoms with Gasteiger partial charge in [-0.15, -0.1) is 22.7 Å². The van der Waals surface area contributed by atoms with Gasteiger partial charge >= 0.3 is 0 Å². The van der Waals surface area contributed by atoms with Crippen molar-refractivity contribution in [3.05, 3.63) is 21.6 Å². The maximum absolute atomic E-state index is 12.2. The Hall–Kier alpha value is -1.80. The molecule has 8 heteroatoms. The lowest BCUT2D eigenvalue weighted by atomic mass is 9.93. The molecule has 2 N–H and O–H groups in total. The van der Waals surface area contributed by atoms with E-state index in [4.69, 9.17) is 0 Å². The van der Waals surface area contributed by atoms with E-state index in [9.17, 15) is 9.59 Å². The third-order valence-corrected chi connectivity index (χ3v) is 6.35. The fourth-order valence-electron chi connectivity index (χ4n) is 2.92. The minimum Gasteiger partial charge on any atom is -0.302 e. The van der Waals surface area contributed by atoms with Crippen molar-refractivity contribution in [1.82, 2.24) is 9.97 Å². The van der Waals surface area contributed by atoms with Crippen LogP contribution in [0.4, 0.5) is 10.3 Å². The second-order valence-electron chi connectivity index (χ2n) is 6.87. The van der Waals surface area contributed by atoms with E-state index in [1.165, 1.54) is 16.2 Å². The molecule has 25 heavy (non-hydrogen) atoms. The normalized spacial score (nSPS) is 19.3. The number of carbonyl (C=O) groups excluding carboxylic acids is 2. The number of fused-ring (bicyclic) bond motifs is 1. The topological polar surface area (TPSA) is 84.0 Å². The molecule has 2 aromatic rings. The van der Waals surface area contributed by atoms with Gasteiger partial charge in [-0.3, -0.25) is 9.59 Å². The molecular formula is C17H20N4O2S2. The van der Waals surface area contributed by atoms with E-state index in [1.54, 1.807) is 11.3 Å². The highest BCUT2D eigenvalue weighted by atomic mass is 32.1. The summed E-state index contributed by atoms with van der Waals surface area (Å²) in [5.74, 6) is 0.752. The van der Waals surface area contributed by atoms with Crippen molar-refractivity contribution in [3.63, 3.8) is 0 Å². The van der Waals surface area contributed by atoms with Crippen molar-refractivity contribution < 1.29 is 9.59 Å². The van der Waals surface area contributed by atoms with E-state index >= 15 is 0 Å².